The average molecular weight is 218 g/mol. The van der Waals surface area contributed by atoms with Gasteiger partial charge in [-0.1, -0.05) is 32.4 Å². The molecular formula is C14H22N2. The zero-order valence-electron chi connectivity index (χ0n) is 11.0. The molecule has 0 amide bonds. The fraction of sp³-hybridized carbons (Fsp3) is 0.500. The van der Waals surface area contributed by atoms with Crippen molar-refractivity contribution in [1.29, 1.82) is 0 Å². The summed E-state index contributed by atoms with van der Waals surface area (Å²) >= 11 is 0. The topological polar surface area (TPSA) is 15.6 Å². The van der Waals surface area contributed by atoms with Gasteiger partial charge in [0, 0.05) is 12.9 Å². The van der Waals surface area contributed by atoms with E-state index in [-0.39, 0.29) is 5.41 Å². The third-order valence-corrected chi connectivity index (χ3v) is 3.26. The summed E-state index contributed by atoms with van der Waals surface area (Å²) in [5, 5.41) is 5.91. The standard InChI is InChI=1S/C14H22N2/c1-7-14(4,5)12-8-9-13(11(2)3)16(10-12)15-6/h8-10H,6-7H2,1-5H3. The van der Waals surface area contributed by atoms with Crippen LogP contribution >= 0.6 is 0 Å². The fourth-order valence-corrected chi connectivity index (χ4v) is 1.61. The van der Waals surface area contributed by atoms with Crippen molar-refractivity contribution in [3.8, 4) is 0 Å². The molecule has 0 fully saturated rings. The predicted octanol–water partition coefficient (Wildman–Crippen LogP) is 4.09. The van der Waals surface area contributed by atoms with E-state index < -0.39 is 0 Å². The summed E-state index contributed by atoms with van der Waals surface area (Å²) in [6.07, 6.45) is 7.50. The highest BCUT2D eigenvalue weighted by Crippen LogP contribution is 2.34. The van der Waals surface area contributed by atoms with E-state index in [1.54, 1.807) is 0 Å². The molecule has 0 aromatic heterocycles. The van der Waals surface area contributed by atoms with E-state index in [4.69, 9.17) is 0 Å². The predicted molar refractivity (Wildman–Crippen MR) is 71.1 cm³/mol. The van der Waals surface area contributed by atoms with Crippen LogP contribution in [-0.4, -0.2) is 11.7 Å². The van der Waals surface area contributed by atoms with Crippen LogP contribution in [0, 0.1) is 5.41 Å². The molecule has 0 saturated heterocycles. The van der Waals surface area contributed by atoms with E-state index >= 15 is 0 Å². The molecule has 88 valence electrons. The normalized spacial score (nSPS) is 16.2. The lowest BCUT2D eigenvalue weighted by atomic mass is 9.81. The van der Waals surface area contributed by atoms with Gasteiger partial charge in [0.05, 0.1) is 5.70 Å². The number of nitrogens with zero attached hydrogens (tertiary/aromatic N) is 2. The molecule has 1 aliphatic heterocycles. The van der Waals surface area contributed by atoms with Crippen molar-refractivity contribution >= 4 is 6.72 Å². The summed E-state index contributed by atoms with van der Waals surface area (Å²) in [4.78, 5) is 0. The Balaban J connectivity index is 3.10. The van der Waals surface area contributed by atoms with E-state index in [1.807, 2.05) is 5.01 Å². The van der Waals surface area contributed by atoms with Gasteiger partial charge in [0.2, 0.25) is 0 Å². The summed E-state index contributed by atoms with van der Waals surface area (Å²) in [6.45, 7) is 14.5. The van der Waals surface area contributed by atoms with Gasteiger partial charge in [-0.15, -0.1) is 0 Å². The Hall–Kier alpha value is -1.31. The van der Waals surface area contributed by atoms with Gasteiger partial charge in [-0.2, -0.15) is 5.10 Å². The van der Waals surface area contributed by atoms with E-state index in [0.717, 1.165) is 12.1 Å². The van der Waals surface area contributed by atoms with Crippen LogP contribution in [-0.2, 0) is 0 Å². The Kier molecular flexibility index (Phi) is 3.74. The first-order valence-electron chi connectivity index (χ1n) is 5.76. The molecule has 0 N–H and O–H groups in total. The first-order chi connectivity index (χ1) is 7.42. The summed E-state index contributed by atoms with van der Waals surface area (Å²) in [5.74, 6) is 0. The van der Waals surface area contributed by atoms with Crippen molar-refractivity contribution in [3.63, 3.8) is 0 Å². The first kappa shape index (κ1) is 12.8. The molecule has 16 heavy (non-hydrogen) atoms. The Morgan fingerprint density at radius 2 is 2.00 bits per heavy atom. The number of hydrogen-bond acceptors (Lipinski definition) is 2. The number of hydrazone groups is 1. The van der Waals surface area contributed by atoms with Gasteiger partial charge in [0.25, 0.3) is 0 Å². The van der Waals surface area contributed by atoms with Gasteiger partial charge in [0.1, 0.15) is 0 Å². The lowest BCUT2D eigenvalue weighted by Gasteiger charge is -2.30. The number of hydrogen-bond donors (Lipinski definition) is 0. The third-order valence-electron chi connectivity index (χ3n) is 3.26. The maximum absolute atomic E-state index is 4.05. The maximum atomic E-state index is 4.05. The molecule has 1 heterocycles. The molecule has 0 unspecified atom stereocenters. The summed E-state index contributed by atoms with van der Waals surface area (Å²) in [6, 6.07) is 0. The fourth-order valence-electron chi connectivity index (χ4n) is 1.61. The minimum Gasteiger partial charge on any atom is -0.241 e. The van der Waals surface area contributed by atoms with Gasteiger partial charge in [-0.25, -0.2) is 5.01 Å². The van der Waals surface area contributed by atoms with Crippen LogP contribution in [0.15, 0.2) is 40.3 Å². The highest BCUT2D eigenvalue weighted by Gasteiger charge is 2.23. The zero-order valence-corrected chi connectivity index (χ0v) is 11.0. The minimum atomic E-state index is 0.187. The van der Waals surface area contributed by atoms with Gasteiger partial charge in [-0.05, 0) is 37.3 Å². The molecule has 0 aromatic rings. The van der Waals surface area contributed by atoms with Crippen LogP contribution in [0.2, 0.25) is 0 Å². The second kappa shape index (κ2) is 4.69. The quantitative estimate of drug-likeness (QED) is 0.651. The largest absolute Gasteiger partial charge is 0.241 e. The van der Waals surface area contributed by atoms with Crippen molar-refractivity contribution in [1.82, 2.24) is 5.01 Å². The maximum Gasteiger partial charge on any atom is 0.0631 e. The summed E-state index contributed by atoms with van der Waals surface area (Å²) in [5.41, 5.74) is 3.85. The molecule has 0 atom stereocenters. The van der Waals surface area contributed by atoms with E-state index in [0.29, 0.717) is 0 Å². The van der Waals surface area contributed by atoms with Gasteiger partial charge >= 0.3 is 0 Å². The van der Waals surface area contributed by atoms with Crippen LogP contribution in [0.5, 0.6) is 0 Å². The van der Waals surface area contributed by atoms with E-state index in [2.05, 4.69) is 64.8 Å². The molecule has 0 spiro atoms. The third kappa shape index (κ3) is 2.43. The molecule has 2 heteroatoms. The SMILES string of the molecule is C=NN1C=C(C(C)(C)CC)C=CC1=C(C)C. The second-order valence-electron chi connectivity index (χ2n) is 5.03. The Morgan fingerprint density at radius 3 is 2.44 bits per heavy atom. The van der Waals surface area contributed by atoms with Crippen molar-refractivity contribution in [3.05, 3.63) is 35.2 Å². The summed E-state index contributed by atoms with van der Waals surface area (Å²) < 4.78 is 0. The van der Waals surface area contributed by atoms with Crippen LogP contribution < -0.4 is 0 Å². The Labute approximate surface area is 99.0 Å². The van der Waals surface area contributed by atoms with Crippen LogP contribution in [0.25, 0.3) is 0 Å². The molecule has 1 aliphatic rings. The molecule has 0 saturated carbocycles. The Morgan fingerprint density at radius 1 is 1.38 bits per heavy atom. The van der Waals surface area contributed by atoms with Crippen LogP contribution in [0.3, 0.4) is 0 Å². The molecule has 1 rings (SSSR count). The summed E-state index contributed by atoms with van der Waals surface area (Å²) in [7, 11) is 0. The highest BCUT2D eigenvalue weighted by molar-refractivity contribution is 5.39. The first-order valence-corrected chi connectivity index (χ1v) is 5.76. The van der Waals surface area contributed by atoms with Crippen molar-refractivity contribution in [2.24, 2.45) is 10.5 Å². The van der Waals surface area contributed by atoms with Crippen LogP contribution in [0.4, 0.5) is 0 Å². The lowest BCUT2D eigenvalue weighted by Crippen LogP contribution is -2.20. The van der Waals surface area contributed by atoms with Crippen molar-refractivity contribution in [2.45, 2.75) is 41.0 Å². The highest BCUT2D eigenvalue weighted by atomic mass is 15.4. The molecule has 2 nitrogen and oxygen atoms in total. The smallest absolute Gasteiger partial charge is 0.0631 e. The van der Waals surface area contributed by atoms with Gasteiger partial charge in [-0.3, -0.25) is 0 Å². The minimum absolute atomic E-state index is 0.187. The van der Waals surface area contributed by atoms with Crippen molar-refractivity contribution < 1.29 is 0 Å². The van der Waals surface area contributed by atoms with E-state index in [1.165, 1.54) is 11.1 Å². The van der Waals surface area contributed by atoms with Crippen molar-refractivity contribution in [2.75, 3.05) is 0 Å². The molecule has 0 bridgehead atoms. The van der Waals surface area contributed by atoms with Gasteiger partial charge in [0.15, 0.2) is 0 Å². The monoisotopic (exact) mass is 218 g/mol. The Bertz CT molecular complexity index is 366. The molecule has 0 aliphatic carbocycles. The molecular weight excluding hydrogens is 196 g/mol. The zero-order chi connectivity index (χ0) is 12.3. The van der Waals surface area contributed by atoms with Gasteiger partial charge < -0.3 is 0 Å². The number of rotatable bonds is 3. The average Bonchev–Trinajstić information content (AvgIpc) is 2.27. The molecule has 0 aromatic carbocycles. The lowest BCUT2D eigenvalue weighted by molar-refractivity contribution is 0.412. The number of allylic oxidation sites excluding steroid dienone is 4. The molecule has 0 radical (unpaired) electrons. The van der Waals surface area contributed by atoms with E-state index in [9.17, 15) is 0 Å². The second-order valence-corrected chi connectivity index (χ2v) is 5.03. The van der Waals surface area contributed by atoms with Crippen LogP contribution in [0.1, 0.15) is 41.0 Å².